The first-order valence-corrected chi connectivity index (χ1v) is 12.3. The summed E-state index contributed by atoms with van der Waals surface area (Å²) >= 11 is 0. The maximum Gasteiger partial charge on any atom is 0.275 e. The van der Waals surface area contributed by atoms with E-state index in [1.165, 1.54) is 13.1 Å². The van der Waals surface area contributed by atoms with Gasteiger partial charge in [0.1, 0.15) is 0 Å². The predicted molar refractivity (Wildman–Crippen MR) is 126 cm³/mol. The highest BCUT2D eigenvalue weighted by Crippen LogP contribution is 2.37. The van der Waals surface area contributed by atoms with E-state index in [4.69, 9.17) is 4.74 Å². The van der Waals surface area contributed by atoms with Crippen LogP contribution in [-0.4, -0.2) is 93.9 Å². The molecule has 2 aromatic rings. The van der Waals surface area contributed by atoms with Gasteiger partial charge in [0, 0.05) is 70.4 Å². The number of aromatic nitrogens is 2. The molecule has 1 aromatic heterocycles. The SMILES string of the molecule is CC(C)N1CCN([C@H]2CCOC3(CCN(C(=O)c4nn(C)c5ccccc45)CC3)C2)CC1. The molecular formula is C25H37N5O2. The van der Waals surface area contributed by atoms with Crippen LogP contribution in [-0.2, 0) is 11.8 Å². The maximum absolute atomic E-state index is 13.3. The summed E-state index contributed by atoms with van der Waals surface area (Å²) in [5.74, 6) is 0.0498. The minimum absolute atomic E-state index is 0.0498. The Morgan fingerprint density at radius 1 is 1.09 bits per heavy atom. The number of likely N-dealkylation sites (tertiary alicyclic amines) is 1. The second kappa shape index (κ2) is 8.76. The molecule has 3 aliphatic rings. The number of rotatable bonds is 3. The van der Waals surface area contributed by atoms with Crippen LogP contribution in [0.25, 0.3) is 10.9 Å². The van der Waals surface area contributed by atoms with Gasteiger partial charge in [-0.2, -0.15) is 5.10 Å². The molecule has 7 heteroatoms. The van der Waals surface area contributed by atoms with Crippen LogP contribution in [0.15, 0.2) is 24.3 Å². The van der Waals surface area contributed by atoms with E-state index in [2.05, 4.69) is 28.7 Å². The zero-order chi connectivity index (χ0) is 22.3. The van der Waals surface area contributed by atoms with E-state index >= 15 is 0 Å². The van der Waals surface area contributed by atoms with Gasteiger partial charge in [-0.05, 0) is 45.6 Å². The third-order valence-corrected chi connectivity index (χ3v) is 7.98. The Hall–Kier alpha value is -1.96. The van der Waals surface area contributed by atoms with Gasteiger partial charge in [-0.25, -0.2) is 0 Å². The number of aryl methyl sites for hydroxylation is 1. The monoisotopic (exact) mass is 439 g/mol. The average molecular weight is 440 g/mol. The van der Waals surface area contributed by atoms with Crippen molar-refractivity contribution in [1.82, 2.24) is 24.5 Å². The Bertz CT molecular complexity index is 954. The number of carbonyl (C=O) groups is 1. The number of hydrogen-bond acceptors (Lipinski definition) is 5. The number of para-hydroxylation sites is 1. The van der Waals surface area contributed by atoms with E-state index in [1.807, 2.05) is 40.9 Å². The summed E-state index contributed by atoms with van der Waals surface area (Å²) in [7, 11) is 1.90. The first-order valence-electron chi connectivity index (χ1n) is 12.3. The van der Waals surface area contributed by atoms with E-state index in [0.717, 1.165) is 69.4 Å². The fraction of sp³-hybridized carbons (Fsp3) is 0.680. The zero-order valence-electron chi connectivity index (χ0n) is 19.8. The second-order valence-corrected chi connectivity index (χ2v) is 10.1. The van der Waals surface area contributed by atoms with Crippen molar-refractivity contribution in [2.24, 2.45) is 7.05 Å². The third kappa shape index (κ3) is 4.06. The van der Waals surface area contributed by atoms with Crippen LogP contribution in [0.4, 0.5) is 0 Å². The molecular weight excluding hydrogens is 402 g/mol. The summed E-state index contributed by atoms with van der Waals surface area (Å²) in [6, 6.07) is 9.22. The fourth-order valence-corrected chi connectivity index (χ4v) is 5.92. The Labute approximate surface area is 191 Å². The highest BCUT2D eigenvalue weighted by molar-refractivity contribution is 6.04. The standard InChI is InChI=1S/C25H37N5O2/c1-19(2)28-13-15-29(16-14-28)20-8-17-32-25(18-20)9-11-30(12-10-25)24(31)23-21-6-4-5-7-22(21)27(3)26-23/h4-7,19-20H,8-18H2,1-3H3/t20-/m0/s1. The van der Waals surface area contributed by atoms with E-state index < -0.39 is 0 Å². The molecule has 0 unspecified atom stereocenters. The van der Waals surface area contributed by atoms with Gasteiger partial charge in [-0.3, -0.25) is 19.3 Å². The number of carbonyl (C=O) groups excluding carboxylic acids is 1. The van der Waals surface area contributed by atoms with Gasteiger partial charge in [-0.1, -0.05) is 18.2 Å². The number of amides is 1. The predicted octanol–water partition coefficient (Wildman–Crippen LogP) is 2.75. The highest BCUT2D eigenvalue weighted by atomic mass is 16.5. The summed E-state index contributed by atoms with van der Waals surface area (Å²) in [6.07, 6.45) is 4.08. The number of piperidine rings is 1. The molecule has 0 aliphatic carbocycles. The van der Waals surface area contributed by atoms with Crippen molar-refractivity contribution in [2.45, 2.75) is 57.2 Å². The molecule has 3 fully saturated rings. The van der Waals surface area contributed by atoms with Crippen LogP contribution in [0.2, 0.25) is 0 Å². The lowest BCUT2D eigenvalue weighted by molar-refractivity contribution is -0.132. The van der Waals surface area contributed by atoms with E-state index in [0.29, 0.717) is 17.8 Å². The van der Waals surface area contributed by atoms with E-state index in [-0.39, 0.29) is 11.5 Å². The van der Waals surface area contributed by atoms with Crippen LogP contribution in [0.5, 0.6) is 0 Å². The maximum atomic E-state index is 13.3. The van der Waals surface area contributed by atoms with E-state index in [1.54, 1.807) is 0 Å². The number of benzene rings is 1. The molecule has 0 bridgehead atoms. The van der Waals surface area contributed by atoms with Crippen LogP contribution in [0, 0.1) is 0 Å². The zero-order valence-corrected chi connectivity index (χ0v) is 19.8. The normalized spacial score (nSPS) is 25.1. The molecule has 1 aromatic carbocycles. The number of piperazine rings is 1. The molecule has 3 aliphatic heterocycles. The molecule has 32 heavy (non-hydrogen) atoms. The third-order valence-electron chi connectivity index (χ3n) is 7.98. The smallest absolute Gasteiger partial charge is 0.275 e. The van der Waals surface area contributed by atoms with Crippen molar-refractivity contribution >= 4 is 16.8 Å². The molecule has 1 spiro atoms. The van der Waals surface area contributed by atoms with Crippen molar-refractivity contribution in [3.05, 3.63) is 30.0 Å². The molecule has 5 rings (SSSR count). The lowest BCUT2D eigenvalue weighted by atomic mass is 9.81. The molecule has 0 saturated carbocycles. The van der Waals surface area contributed by atoms with Crippen LogP contribution in [0.3, 0.4) is 0 Å². The highest BCUT2D eigenvalue weighted by Gasteiger charge is 2.43. The summed E-state index contributed by atoms with van der Waals surface area (Å²) in [5.41, 5.74) is 1.51. The van der Waals surface area contributed by atoms with Crippen LogP contribution in [0.1, 0.15) is 50.0 Å². The molecule has 3 saturated heterocycles. The largest absolute Gasteiger partial charge is 0.375 e. The minimum atomic E-state index is -0.0684. The second-order valence-electron chi connectivity index (χ2n) is 10.1. The molecule has 0 N–H and O–H groups in total. The van der Waals surface area contributed by atoms with Gasteiger partial charge < -0.3 is 9.64 Å². The lowest BCUT2D eigenvalue weighted by Gasteiger charge is -2.50. The van der Waals surface area contributed by atoms with Crippen LogP contribution >= 0.6 is 0 Å². The molecule has 1 atom stereocenters. The summed E-state index contributed by atoms with van der Waals surface area (Å²) in [5, 5.41) is 5.48. The first-order chi connectivity index (χ1) is 15.5. The van der Waals surface area contributed by atoms with Crippen molar-refractivity contribution in [3.63, 3.8) is 0 Å². The quantitative estimate of drug-likeness (QED) is 0.736. The fourth-order valence-electron chi connectivity index (χ4n) is 5.92. The average Bonchev–Trinajstić information content (AvgIpc) is 3.16. The van der Waals surface area contributed by atoms with E-state index in [9.17, 15) is 4.79 Å². The molecule has 1 amide bonds. The lowest BCUT2D eigenvalue weighted by Crippen LogP contribution is -2.58. The topological polar surface area (TPSA) is 53.8 Å². The van der Waals surface area contributed by atoms with Crippen molar-refractivity contribution in [2.75, 3.05) is 45.9 Å². The molecule has 7 nitrogen and oxygen atoms in total. The molecule has 174 valence electrons. The van der Waals surface area contributed by atoms with Gasteiger partial charge in [-0.15, -0.1) is 0 Å². The molecule has 4 heterocycles. The number of fused-ring (bicyclic) bond motifs is 1. The number of nitrogens with zero attached hydrogens (tertiary/aromatic N) is 5. The number of ether oxygens (including phenoxy) is 1. The van der Waals surface area contributed by atoms with Crippen molar-refractivity contribution in [1.29, 1.82) is 0 Å². The van der Waals surface area contributed by atoms with Crippen LogP contribution < -0.4 is 0 Å². The van der Waals surface area contributed by atoms with Gasteiger partial charge >= 0.3 is 0 Å². The Balaban J connectivity index is 1.21. The minimum Gasteiger partial charge on any atom is -0.375 e. The summed E-state index contributed by atoms with van der Waals surface area (Å²) in [6.45, 7) is 11.6. The Morgan fingerprint density at radius 2 is 1.81 bits per heavy atom. The number of hydrogen-bond donors (Lipinski definition) is 0. The van der Waals surface area contributed by atoms with Crippen molar-refractivity contribution in [3.8, 4) is 0 Å². The van der Waals surface area contributed by atoms with Gasteiger partial charge in [0.2, 0.25) is 0 Å². The summed E-state index contributed by atoms with van der Waals surface area (Å²) < 4.78 is 8.21. The first kappa shape index (κ1) is 21.9. The van der Waals surface area contributed by atoms with Gasteiger partial charge in [0.25, 0.3) is 5.91 Å². The van der Waals surface area contributed by atoms with Gasteiger partial charge in [0.05, 0.1) is 11.1 Å². The van der Waals surface area contributed by atoms with Gasteiger partial charge in [0.15, 0.2) is 5.69 Å². The summed E-state index contributed by atoms with van der Waals surface area (Å²) in [4.78, 5) is 20.5. The molecule has 0 radical (unpaired) electrons. The van der Waals surface area contributed by atoms with Crippen molar-refractivity contribution < 1.29 is 9.53 Å². The Kier molecular flexibility index (Phi) is 5.99. The Morgan fingerprint density at radius 3 is 2.53 bits per heavy atom.